The van der Waals surface area contributed by atoms with E-state index in [4.69, 9.17) is 0 Å². The number of anilines is 1. The van der Waals surface area contributed by atoms with E-state index >= 15 is 0 Å². The SMILES string of the molecule is O=C(NCc1ccccn1)c1ccnc(NC2CC2)n1. The molecular formula is C14H15N5O. The van der Waals surface area contributed by atoms with E-state index in [1.54, 1.807) is 18.5 Å². The van der Waals surface area contributed by atoms with Crippen LogP contribution in [-0.2, 0) is 6.54 Å². The minimum absolute atomic E-state index is 0.225. The molecule has 1 fully saturated rings. The number of nitrogens with zero attached hydrogens (tertiary/aromatic N) is 3. The second kappa shape index (κ2) is 5.64. The van der Waals surface area contributed by atoms with Crippen LogP contribution in [0.4, 0.5) is 5.95 Å². The molecule has 0 saturated heterocycles. The average molecular weight is 269 g/mol. The molecule has 0 aliphatic heterocycles. The first kappa shape index (κ1) is 12.5. The number of hydrogen-bond acceptors (Lipinski definition) is 5. The van der Waals surface area contributed by atoms with Crippen LogP contribution >= 0.6 is 0 Å². The highest BCUT2D eigenvalue weighted by Crippen LogP contribution is 2.22. The molecular weight excluding hydrogens is 254 g/mol. The third-order valence-electron chi connectivity index (χ3n) is 2.96. The number of hydrogen-bond donors (Lipinski definition) is 2. The summed E-state index contributed by atoms with van der Waals surface area (Å²) >= 11 is 0. The van der Waals surface area contributed by atoms with Gasteiger partial charge < -0.3 is 10.6 Å². The van der Waals surface area contributed by atoms with Crippen molar-refractivity contribution < 1.29 is 4.79 Å². The van der Waals surface area contributed by atoms with Gasteiger partial charge in [-0.3, -0.25) is 9.78 Å². The third-order valence-corrected chi connectivity index (χ3v) is 2.96. The molecule has 0 aromatic carbocycles. The lowest BCUT2D eigenvalue weighted by atomic mass is 10.3. The lowest BCUT2D eigenvalue weighted by Crippen LogP contribution is -2.24. The molecule has 6 nitrogen and oxygen atoms in total. The van der Waals surface area contributed by atoms with Gasteiger partial charge in [0.05, 0.1) is 12.2 Å². The molecule has 0 atom stereocenters. The topological polar surface area (TPSA) is 79.8 Å². The summed E-state index contributed by atoms with van der Waals surface area (Å²) in [5, 5.41) is 5.96. The molecule has 1 amide bonds. The molecule has 1 saturated carbocycles. The van der Waals surface area contributed by atoms with E-state index in [2.05, 4.69) is 25.6 Å². The number of rotatable bonds is 5. The smallest absolute Gasteiger partial charge is 0.270 e. The van der Waals surface area contributed by atoms with E-state index in [0.717, 1.165) is 18.5 Å². The minimum Gasteiger partial charge on any atom is -0.351 e. The molecule has 3 rings (SSSR count). The molecule has 20 heavy (non-hydrogen) atoms. The maximum Gasteiger partial charge on any atom is 0.270 e. The highest BCUT2D eigenvalue weighted by molar-refractivity contribution is 5.92. The van der Waals surface area contributed by atoms with Crippen LogP contribution < -0.4 is 10.6 Å². The molecule has 102 valence electrons. The maximum atomic E-state index is 12.0. The van der Waals surface area contributed by atoms with Crippen LogP contribution in [0.2, 0.25) is 0 Å². The Hall–Kier alpha value is -2.50. The van der Waals surface area contributed by atoms with Gasteiger partial charge in [0, 0.05) is 18.4 Å². The number of carbonyl (C=O) groups excluding carboxylic acids is 1. The van der Waals surface area contributed by atoms with Crippen molar-refractivity contribution >= 4 is 11.9 Å². The van der Waals surface area contributed by atoms with E-state index in [1.807, 2.05) is 18.2 Å². The molecule has 1 aliphatic carbocycles. The van der Waals surface area contributed by atoms with Crippen LogP contribution in [0.1, 0.15) is 29.0 Å². The van der Waals surface area contributed by atoms with Crippen LogP contribution in [0.3, 0.4) is 0 Å². The summed E-state index contributed by atoms with van der Waals surface area (Å²) in [5.41, 5.74) is 1.17. The highest BCUT2D eigenvalue weighted by Gasteiger charge is 2.22. The Bertz CT molecular complexity index is 598. The Kier molecular flexibility index (Phi) is 3.54. The molecule has 2 N–H and O–H groups in total. The number of carbonyl (C=O) groups is 1. The van der Waals surface area contributed by atoms with Crippen molar-refractivity contribution in [3.8, 4) is 0 Å². The van der Waals surface area contributed by atoms with Crippen molar-refractivity contribution in [3.05, 3.63) is 48.0 Å². The van der Waals surface area contributed by atoms with Gasteiger partial charge in [0.25, 0.3) is 5.91 Å². The normalized spacial score (nSPS) is 13.8. The van der Waals surface area contributed by atoms with Crippen molar-refractivity contribution in [2.75, 3.05) is 5.32 Å². The van der Waals surface area contributed by atoms with Gasteiger partial charge in [-0.15, -0.1) is 0 Å². The van der Waals surface area contributed by atoms with Crippen LogP contribution in [0.25, 0.3) is 0 Å². The fourth-order valence-electron chi connectivity index (χ4n) is 1.73. The fourth-order valence-corrected chi connectivity index (χ4v) is 1.73. The van der Waals surface area contributed by atoms with E-state index in [1.165, 1.54) is 0 Å². The molecule has 2 heterocycles. The first-order chi connectivity index (χ1) is 9.81. The summed E-state index contributed by atoms with van der Waals surface area (Å²) in [5.74, 6) is 0.287. The van der Waals surface area contributed by atoms with Crippen LogP contribution in [0.5, 0.6) is 0 Å². The number of aromatic nitrogens is 3. The molecule has 0 unspecified atom stereocenters. The Morgan fingerprint density at radius 1 is 1.20 bits per heavy atom. The lowest BCUT2D eigenvalue weighted by molar-refractivity contribution is 0.0945. The zero-order valence-electron chi connectivity index (χ0n) is 10.9. The van der Waals surface area contributed by atoms with Crippen LogP contribution in [0, 0.1) is 0 Å². The molecule has 0 spiro atoms. The van der Waals surface area contributed by atoms with Crippen LogP contribution in [-0.4, -0.2) is 26.9 Å². The zero-order chi connectivity index (χ0) is 13.8. The van der Waals surface area contributed by atoms with Crippen molar-refractivity contribution in [2.45, 2.75) is 25.4 Å². The highest BCUT2D eigenvalue weighted by atomic mass is 16.1. The average Bonchev–Trinajstić information content (AvgIpc) is 3.30. The van der Waals surface area contributed by atoms with Crippen molar-refractivity contribution in [1.82, 2.24) is 20.3 Å². The van der Waals surface area contributed by atoms with E-state index in [0.29, 0.717) is 24.2 Å². The monoisotopic (exact) mass is 269 g/mol. The van der Waals surface area contributed by atoms with Gasteiger partial charge in [0.1, 0.15) is 5.69 Å². The van der Waals surface area contributed by atoms with Gasteiger partial charge in [-0.05, 0) is 31.0 Å². The molecule has 0 bridgehead atoms. The van der Waals surface area contributed by atoms with Gasteiger partial charge in [0.2, 0.25) is 5.95 Å². The van der Waals surface area contributed by atoms with Gasteiger partial charge in [0.15, 0.2) is 0 Å². The summed E-state index contributed by atoms with van der Waals surface area (Å²) in [4.78, 5) is 24.5. The summed E-state index contributed by atoms with van der Waals surface area (Å²) in [6, 6.07) is 7.65. The summed E-state index contributed by atoms with van der Waals surface area (Å²) in [6.07, 6.45) is 5.57. The van der Waals surface area contributed by atoms with E-state index < -0.39 is 0 Å². The minimum atomic E-state index is -0.225. The van der Waals surface area contributed by atoms with Gasteiger partial charge >= 0.3 is 0 Å². The second-order valence-electron chi connectivity index (χ2n) is 4.69. The Morgan fingerprint density at radius 2 is 2.10 bits per heavy atom. The van der Waals surface area contributed by atoms with Crippen molar-refractivity contribution in [1.29, 1.82) is 0 Å². The standard InChI is InChI=1S/C14H15N5O/c20-13(17-9-11-3-1-2-7-15-11)12-6-8-16-14(19-12)18-10-4-5-10/h1-3,6-8,10H,4-5,9H2,(H,17,20)(H,16,18,19). The predicted molar refractivity (Wildman–Crippen MR) is 74.1 cm³/mol. The number of pyridine rings is 1. The summed E-state index contributed by atoms with van der Waals surface area (Å²) in [7, 11) is 0. The second-order valence-corrected chi connectivity index (χ2v) is 4.69. The summed E-state index contributed by atoms with van der Waals surface area (Å²) < 4.78 is 0. The maximum absolute atomic E-state index is 12.0. The number of amides is 1. The first-order valence-corrected chi connectivity index (χ1v) is 6.59. The fraction of sp³-hybridized carbons (Fsp3) is 0.286. The Labute approximate surface area is 116 Å². The predicted octanol–water partition coefficient (Wildman–Crippen LogP) is 1.38. The number of nitrogens with one attached hydrogen (secondary N) is 2. The molecule has 1 aliphatic rings. The zero-order valence-corrected chi connectivity index (χ0v) is 10.9. The van der Waals surface area contributed by atoms with Crippen LogP contribution in [0.15, 0.2) is 36.7 Å². The molecule has 6 heteroatoms. The summed E-state index contributed by atoms with van der Waals surface area (Å²) in [6.45, 7) is 0.384. The van der Waals surface area contributed by atoms with E-state index in [-0.39, 0.29) is 5.91 Å². The lowest BCUT2D eigenvalue weighted by Gasteiger charge is -2.06. The van der Waals surface area contributed by atoms with Gasteiger partial charge in [-0.25, -0.2) is 9.97 Å². The molecule has 0 radical (unpaired) electrons. The third kappa shape index (κ3) is 3.28. The Morgan fingerprint density at radius 3 is 2.85 bits per heavy atom. The van der Waals surface area contributed by atoms with Gasteiger partial charge in [-0.2, -0.15) is 0 Å². The Balaban J connectivity index is 1.61. The van der Waals surface area contributed by atoms with Crippen molar-refractivity contribution in [3.63, 3.8) is 0 Å². The first-order valence-electron chi connectivity index (χ1n) is 6.59. The molecule has 2 aromatic heterocycles. The molecule has 2 aromatic rings. The largest absolute Gasteiger partial charge is 0.351 e. The van der Waals surface area contributed by atoms with E-state index in [9.17, 15) is 4.79 Å². The quantitative estimate of drug-likeness (QED) is 0.857. The van der Waals surface area contributed by atoms with Gasteiger partial charge in [-0.1, -0.05) is 6.07 Å². The van der Waals surface area contributed by atoms with Crippen molar-refractivity contribution in [2.24, 2.45) is 0 Å².